The first-order chi connectivity index (χ1) is 13.6. The SMILES string of the molecule is CNc1ccc(C(=O)NC2C(C)(C)[C@H]3CC[C@@]2(C)C3)cc1S(=O)(=O)N1CCCC1. The van der Waals surface area contributed by atoms with Gasteiger partial charge in [-0.2, -0.15) is 4.31 Å². The fraction of sp³-hybridized carbons (Fsp3) is 0.682. The molecule has 0 aromatic heterocycles. The van der Waals surface area contributed by atoms with Crippen molar-refractivity contribution < 1.29 is 13.2 Å². The van der Waals surface area contributed by atoms with E-state index in [0.717, 1.165) is 25.7 Å². The van der Waals surface area contributed by atoms with E-state index in [1.807, 2.05) is 0 Å². The van der Waals surface area contributed by atoms with Crippen LogP contribution in [0.3, 0.4) is 0 Å². The largest absolute Gasteiger partial charge is 0.387 e. The van der Waals surface area contributed by atoms with E-state index in [0.29, 0.717) is 30.3 Å². The number of fused-ring (bicyclic) bond motifs is 2. The van der Waals surface area contributed by atoms with Crippen molar-refractivity contribution in [1.29, 1.82) is 0 Å². The molecular weight excluding hydrogens is 386 g/mol. The predicted molar refractivity (Wildman–Crippen MR) is 114 cm³/mol. The van der Waals surface area contributed by atoms with Crippen LogP contribution in [-0.4, -0.2) is 44.8 Å². The van der Waals surface area contributed by atoms with Crippen LogP contribution in [0, 0.1) is 16.7 Å². The Morgan fingerprint density at radius 2 is 1.86 bits per heavy atom. The van der Waals surface area contributed by atoms with Crippen molar-refractivity contribution in [1.82, 2.24) is 9.62 Å². The Morgan fingerprint density at radius 3 is 2.45 bits per heavy atom. The lowest BCUT2D eigenvalue weighted by atomic mass is 9.68. The molecule has 0 spiro atoms. The molecule has 4 rings (SSSR count). The van der Waals surface area contributed by atoms with Crippen LogP contribution in [0.25, 0.3) is 0 Å². The molecule has 2 N–H and O–H groups in total. The Morgan fingerprint density at radius 1 is 1.17 bits per heavy atom. The fourth-order valence-corrected chi connectivity index (χ4v) is 7.77. The normalized spacial score (nSPS) is 31.2. The summed E-state index contributed by atoms with van der Waals surface area (Å²) in [5.74, 6) is 0.452. The fourth-order valence-electron chi connectivity index (χ4n) is 6.03. The number of hydrogen-bond acceptors (Lipinski definition) is 4. The molecule has 1 aromatic carbocycles. The summed E-state index contributed by atoms with van der Waals surface area (Å²) in [4.78, 5) is 13.4. The van der Waals surface area contributed by atoms with Crippen LogP contribution in [0.15, 0.2) is 23.1 Å². The van der Waals surface area contributed by atoms with Gasteiger partial charge in [-0.25, -0.2) is 8.42 Å². The minimum atomic E-state index is -3.62. The highest BCUT2D eigenvalue weighted by molar-refractivity contribution is 7.89. The van der Waals surface area contributed by atoms with Crippen molar-refractivity contribution in [3.05, 3.63) is 23.8 Å². The van der Waals surface area contributed by atoms with Gasteiger partial charge in [-0.15, -0.1) is 0 Å². The van der Waals surface area contributed by atoms with E-state index in [-0.39, 0.29) is 27.7 Å². The second kappa shape index (κ2) is 6.98. The molecule has 3 fully saturated rings. The van der Waals surface area contributed by atoms with Gasteiger partial charge in [0.2, 0.25) is 10.0 Å². The smallest absolute Gasteiger partial charge is 0.251 e. The van der Waals surface area contributed by atoms with Crippen molar-refractivity contribution in [2.24, 2.45) is 16.7 Å². The molecule has 2 aliphatic carbocycles. The molecule has 3 atom stereocenters. The number of anilines is 1. The molecule has 7 heteroatoms. The van der Waals surface area contributed by atoms with Crippen LogP contribution in [0.1, 0.15) is 63.2 Å². The molecule has 0 radical (unpaired) electrons. The number of sulfonamides is 1. The van der Waals surface area contributed by atoms with Crippen molar-refractivity contribution in [3.63, 3.8) is 0 Å². The van der Waals surface area contributed by atoms with Gasteiger partial charge in [-0.3, -0.25) is 4.79 Å². The summed E-state index contributed by atoms with van der Waals surface area (Å²) in [6, 6.07) is 5.05. The van der Waals surface area contributed by atoms with E-state index in [1.165, 1.54) is 16.8 Å². The Labute approximate surface area is 174 Å². The van der Waals surface area contributed by atoms with Crippen molar-refractivity contribution in [2.75, 3.05) is 25.5 Å². The molecule has 6 nitrogen and oxygen atoms in total. The zero-order valence-corrected chi connectivity index (χ0v) is 18.7. The highest BCUT2D eigenvalue weighted by atomic mass is 32.2. The Bertz CT molecular complexity index is 916. The topological polar surface area (TPSA) is 78.5 Å². The monoisotopic (exact) mass is 419 g/mol. The van der Waals surface area contributed by atoms with E-state index >= 15 is 0 Å². The van der Waals surface area contributed by atoms with Gasteiger partial charge in [-0.05, 0) is 67.1 Å². The predicted octanol–water partition coefficient (Wildman–Crippen LogP) is 3.46. The molecule has 160 valence electrons. The summed E-state index contributed by atoms with van der Waals surface area (Å²) < 4.78 is 27.8. The van der Waals surface area contributed by atoms with Crippen LogP contribution in [0.5, 0.6) is 0 Å². The van der Waals surface area contributed by atoms with Gasteiger partial charge >= 0.3 is 0 Å². The second-order valence-corrected chi connectivity index (χ2v) is 11.8. The summed E-state index contributed by atoms with van der Waals surface area (Å²) in [7, 11) is -1.91. The summed E-state index contributed by atoms with van der Waals surface area (Å²) in [5.41, 5.74) is 1.11. The Hall–Kier alpha value is -1.60. The number of rotatable bonds is 5. The molecule has 1 unspecified atom stereocenters. The van der Waals surface area contributed by atoms with Crippen LogP contribution >= 0.6 is 0 Å². The average molecular weight is 420 g/mol. The zero-order chi connectivity index (χ0) is 21.0. The first kappa shape index (κ1) is 20.7. The third kappa shape index (κ3) is 3.26. The van der Waals surface area contributed by atoms with E-state index in [2.05, 4.69) is 31.4 Å². The minimum Gasteiger partial charge on any atom is -0.387 e. The molecule has 1 amide bonds. The van der Waals surface area contributed by atoms with Crippen LogP contribution in [0.2, 0.25) is 0 Å². The number of carbonyl (C=O) groups is 1. The second-order valence-electron chi connectivity index (χ2n) is 9.89. The number of nitrogens with zero attached hydrogens (tertiary/aromatic N) is 1. The molecule has 29 heavy (non-hydrogen) atoms. The van der Waals surface area contributed by atoms with Gasteiger partial charge in [0.1, 0.15) is 4.90 Å². The zero-order valence-electron chi connectivity index (χ0n) is 17.9. The van der Waals surface area contributed by atoms with Gasteiger partial charge in [0.15, 0.2) is 0 Å². The van der Waals surface area contributed by atoms with Crippen molar-refractivity contribution in [3.8, 4) is 0 Å². The standard InChI is InChI=1S/C22H33N3O3S/c1-21(2)16-9-10-22(3,14-16)20(21)24-19(26)15-7-8-17(23-4)18(13-15)29(27,28)25-11-5-6-12-25/h7-8,13,16,20,23H,5-6,9-12,14H2,1-4H3,(H,24,26)/t16-,20?,22-/m0/s1. The highest BCUT2D eigenvalue weighted by Crippen LogP contribution is 2.62. The van der Waals surface area contributed by atoms with E-state index < -0.39 is 10.0 Å². The first-order valence-corrected chi connectivity index (χ1v) is 12.2. The summed E-state index contributed by atoms with van der Waals surface area (Å²) in [6.45, 7) is 7.86. The maximum Gasteiger partial charge on any atom is 0.251 e. The van der Waals surface area contributed by atoms with E-state index in [1.54, 1.807) is 19.2 Å². The Balaban J connectivity index is 1.63. The summed E-state index contributed by atoms with van der Waals surface area (Å²) in [6.07, 6.45) is 5.28. The molecule has 1 saturated heterocycles. The molecule has 1 aliphatic heterocycles. The third-order valence-electron chi connectivity index (χ3n) is 7.74. The van der Waals surface area contributed by atoms with E-state index in [4.69, 9.17) is 0 Å². The lowest BCUT2D eigenvalue weighted by Crippen LogP contribution is -2.52. The van der Waals surface area contributed by atoms with Crippen molar-refractivity contribution >= 4 is 21.6 Å². The van der Waals surface area contributed by atoms with Gasteiger partial charge in [0.05, 0.1) is 5.69 Å². The van der Waals surface area contributed by atoms with Crippen LogP contribution in [0.4, 0.5) is 5.69 Å². The number of benzene rings is 1. The maximum atomic E-state index is 13.2. The molecule has 2 bridgehead atoms. The Kier molecular flexibility index (Phi) is 4.97. The number of carbonyl (C=O) groups excluding carboxylic acids is 1. The molecule has 3 aliphatic rings. The van der Waals surface area contributed by atoms with Gasteiger partial charge in [0.25, 0.3) is 5.91 Å². The lowest BCUT2D eigenvalue weighted by Gasteiger charge is -2.43. The molecule has 2 saturated carbocycles. The molecular formula is C22H33N3O3S. The molecule has 1 heterocycles. The van der Waals surface area contributed by atoms with Crippen LogP contribution < -0.4 is 10.6 Å². The summed E-state index contributed by atoms with van der Waals surface area (Å²) >= 11 is 0. The minimum absolute atomic E-state index is 0.0536. The average Bonchev–Trinajstić information content (AvgIpc) is 3.39. The maximum absolute atomic E-state index is 13.2. The molecule has 1 aromatic rings. The number of nitrogens with one attached hydrogen (secondary N) is 2. The van der Waals surface area contributed by atoms with Gasteiger partial charge in [0, 0.05) is 31.7 Å². The van der Waals surface area contributed by atoms with Gasteiger partial charge < -0.3 is 10.6 Å². The van der Waals surface area contributed by atoms with Crippen LogP contribution in [-0.2, 0) is 10.0 Å². The first-order valence-electron chi connectivity index (χ1n) is 10.7. The third-order valence-corrected chi connectivity index (χ3v) is 9.68. The van der Waals surface area contributed by atoms with Gasteiger partial charge in [-0.1, -0.05) is 20.8 Å². The number of amides is 1. The highest BCUT2D eigenvalue weighted by Gasteiger charge is 2.59. The van der Waals surface area contributed by atoms with Crippen molar-refractivity contribution in [2.45, 2.75) is 63.8 Å². The number of hydrogen-bond donors (Lipinski definition) is 2. The lowest BCUT2D eigenvalue weighted by molar-refractivity contribution is 0.0737. The quantitative estimate of drug-likeness (QED) is 0.766. The summed E-state index contributed by atoms with van der Waals surface area (Å²) in [5, 5.41) is 6.24. The van der Waals surface area contributed by atoms with E-state index in [9.17, 15) is 13.2 Å².